The molecule has 298 valence electrons. The Morgan fingerprint density at radius 1 is 0.714 bits per heavy atom. The molecule has 23 heteroatoms. The smallest absolute Gasteiger partial charge is 0.337 e. The molecule has 0 amide bonds. The molecule has 0 radical (unpaired) electrons. The second-order valence-electron chi connectivity index (χ2n) is 11.4. The average Bonchev–Trinajstić information content (AvgIpc) is 3.11. The monoisotopic (exact) mass is 790 g/mol. The van der Waals surface area contributed by atoms with Gasteiger partial charge in [0.1, 0.15) is 42.2 Å². The molecule has 0 spiro atoms. The number of esters is 6. The average molecular weight is 791 g/mol. The van der Waals surface area contributed by atoms with Crippen LogP contribution in [-0.2, 0) is 62.1 Å². The van der Waals surface area contributed by atoms with E-state index in [0.29, 0.717) is 0 Å². The van der Waals surface area contributed by atoms with Crippen LogP contribution in [-0.4, -0.2) is 90.2 Å². The van der Waals surface area contributed by atoms with E-state index in [4.69, 9.17) is 37.6 Å². The molecule has 1 aliphatic heterocycles. The van der Waals surface area contributed by atoms with Crippen molar-refractivity contribution in [2.24, 2.45) is 0 Å². The van der Waals surface area contributed by atoms with E-state index in [2.05, 4.69) is 9.68 Å². The molecule has 1 saturated heterocycles. The molecule has 0 bridgehead atoms. The summed E-state index contributed by atoms with van der Waals surface area (Å²) in [5.41, 5.74) is -1.34. The summed E-state index contributed by atoms with van der Waals surface area (Å²) in [5, 5.41) is 18.4. The second-order valence-corrected chi connectivity index (χ2v) is 11.4. The Morgan fingerprint density at radius 2 is 1.27 bits per heavy atom. The van der Waals surface area contributed by atoms with Crippen molar-refractivity contribution in [1.82, 2.24) is 0 Å². The van der Waals surface area contributed by atoms with Crippen molar-refractivity contribution in [3.63, 3.8) is 0 Å². The molecular formula is C33H30N2O21. The third kappa shape index (κ3) is 10.7. The molecule has 56 heavy (non-hydrogen) atoms. The van der Waals surface area contributed by atoms with Gasteiger partial charge in [-0.05, 0) is 29.8 Å². The third-order valence-electron chi connectivity index (χ3n) is 7.41. The highest BCUT2D eigenvalue weighted by Gasteiger charge is 2.54. The van der Waals surface area contributed by atoms with E-state index in [1.807, 2.05) is 0 Å². The summed E-state index contributed by atoms with van der Waals surface area (Å²) >= 11 is 0. The summed E-state index contributed by atoms with van der Waals surface area (Å²) in [6.45, 7) is 1.20. The van der Waals surface area contributed by atoms with Gasteiger partial charge in [0.05, 0.1) is 16.5 Å². The van der Waals surface area contributed by atoms with Crippen LogP contribution in [0, 0.1) is 20.2 Å². The third-order valence-corrected chi connectivity index (χ3v) is 7.41. The summed E-state index contributed by atoms with van der Waals surface area (Å²) in [7, 11) is 0. The molecule has 23 nitrogen and oxygen atoms in total. The molecule has 0 aliphatic carbocycles. The van der Waals surface area contributed by atoms with Gasteiger partial charge in [0, 0.05) is 27.7 Å². The highest BCUT2D eigenvalue weighted by molar-refractivity contribution is 5.87. The molecule has 0 N–H and O–H groups in total. The van der Waals surface area contributed by atoms with Crippen molar-refractivity contribution in [3.05, 3.63) is 78.7 Å². The Labute approximate surface area is 312 Å². The summed E-state index contributed by atoms with van der Waals surface area (Å²) in [4.78, 5) is 117. The van der Waals surface area contributed by atoms with Gasteiger partial charge in [-0.15, -0.1) is 20.2 Å². The normalized spacial score (nSPS) is 18.8. The number of nitrogens with zero attached hydrogens (tertiary/aromatic N) is 2. The van der Waals surface area contributed by atoms with Gasteiger partial charge in [-0.3, -0.25) is 24.0 Å². The highest BCUT2D eigenvalue weighted by Crippen LogP contribution is 2.44. The van der Waals surface area contributed by atoms with Crippen molar-refractivity contribution in [2.45, 2.75) is 58.2 Å². The molecule has 2 heterocycles. The van der Waals surface area contributed by atoms with Gasteiger partial charge in [-0.1, -0.05) is 12.1 Å². The maximum Gasteiger partial charge on any atom is 0.337 e. The number of hydrogen-bond acceptors (Lipinski definition) is 21. The molecule has 1 aliphatic rings. The van der Waals surface area contributed by atoms with Crippen LogP contribution < -0.4 is 14.9 Å². The Morgan fingerprint density at radius 3 is 1.82 bits per heavy atom. The summed E-state index contributed by atoms with van der Waals surface area (Å²) in [6, 6.07) is 7.46. The Bertz CT molecular complexity index is 2090. The fourth-order valence-electron chi connectivity index (χ4n) is 5.45. The van der Waals surface area contributed by atoms with Crippen LogP contribution in [0.3, 0.4) is 0 Å². The number of fused-ring (bicyclic) bond motifs is 1. The Hall–Kier alpha value is -7.17. The molecule has 0 saturated carbocycles. The lowest BCUT2D eigenvalue weighted by Crippen LogP contribution is -2.59. The molecule has 2 aromatic carbocycles. The summed E-state index contributed by atoms with van der Waals surface area (Å²) < 4.78 is 44.0. The van der Waals surface area contributed by atoms with Gasteiger partial charge in [0.2, 0.25) is 5.43 Å². The molecule has 1 fully saturated rings. The minimum atomic E-state index is -1.77. The number of rotatable bonds is 15. The first kappa shape index (κ1) is 41.6. The lowest BCUT2D eigenvalue weighted by molar-refractivity contribution is -0.754. The maximum absolute atomic E-state index is 14.0. The first-order valence-electron chi connectivity index (χ1n) is 15.9. The maximum atomic E-state index is 14.0. The van der Waals surface area contributed by atoms with Crippen LogP contribution in [0.4, 0.5) is 0 Å². The summed E-state index contributed by atoms with van der Waals surface area (Å²) in [5.74, 6) is -6.64. The first-order valence-corrected chi connectivity index (χ1v) is 15.9. The minimum absolute atomic E-state index is 0.0608. The Kier molecular flexibility index (Phi) is 13.5. The van der Waals surface area contributed by atoms with Crippen molar-refractivity contribution >= 4 is 46.8 Å². The molecule has 5 atom stereocenters. The fraction of sp³-hybridized carbons (Fsp3) is 0.364. The molecule has 1 aromatic heterocycles. The number of carbonyl (C=O) groups excluding carboxylic acids is 6. The topological polar surface area (TPSA) is 302 Å². The predicted molar refractivity (Wildman–Crippen MR) is 176 cm³/mol. The van der Waals surface area contributed by atoms with Gasteiger partial charge in [-0.25, -0.2) is 9.59 Å². The van der Waals surface area contributed by atoms with Crippen LogP contribution >= 0.6 is 0 Å². The van der Waals surface area contributed by atoms with Crippen molar-refractivity contribution in [1.29, 1.82) is 0 Å². The predicted octanol–water partition coefficient (Wildman–Crippen LogP) is 1.49. The van der Waals surface area contributed by atoms with E-state index >= 15 is 0 Å². The van der Waals surface area contributed by atoms with Crippen LogP contribution in [0.2, 0.25) is 0 Å². The van der Waals surface area contributed by atoms with E-state index in [1.165, 1.54) is 24.3 Å². The highest BCUT2D eigenvalue weighted by atomic mass is 17.0. The largest absolute Gasteiger partial charge is 0.463 e. The molecule has 0 unspecified atom stereocenters. The van der Waals surface area contributed by atoms with Gasteiger partial charge in [-0.2, -0.15) is 0 Å². The lowest BCUT2D eigenvalue weighted by Gasteiger charge is -2.44. The van der Waals surface area contributed by atoms with Crippen molar-refractivity contribution in [2.75, 3.05) is 19.8 Å². The zero-order valence-electron chi connectivity index (χ0n) is 29.5. The van der Waals surface area contributed by atoms with Crippen LogP contribution in [0.25, 0.3) is 22.1 Å². The molecular weight excluding hydrogens is 760 g/mol. The van der Waals surface area contributed by atoms with Crippen LogP contribution in [0.15, 0.2) is 51.9 Å². The zero-order valence-corrected chi connectivity index (χ0v) is 29.5. The van der Waals surface area contributed by atoms with Gasteiger partial charge >= 0.3 is 35.8 Å². The number of hydrogen-bond donors (Lipinski definition) is 0. The standard InChI is InChI=1S/C33H30N2O21/c1-15(36)47-12-24-30(51-16(2)37)32(52-17(3)38)33(53-18(4)39)31(56-24)27-23(55-26(41)14-50-35(45)46)10-9-21-28(42)22(11-48-29(21)27)19-5-7-20(8-6-19)54-25(40)13-49-34(43)44/h5-11,24,30-33H,12-14H2,1-4H3/t24-,30-,31+,32+,33+/m1/s1. The van der Waals surface area contributed by atoms with Gasteiger partial charge < -0.3 is 47.3 Å². The summed E-state index contributed by atoms with van der Waals surface area (Å²) in [6.07, 6.45) is -7.35. The van der Waals surface area contributed by atoms with Crippen molar-refractivity contribution in [3.8, 4) is 22.6 Å². The van der Waals surface area contributed by atoms with E-state index in [0.717, 1.165) is 46.1 Å². The second kappa shape index (κ2) is 18.2. The van der Waals surface area contributed by atoms with Crippen LogP contribution in [0.5, 0.6) is 11.5 Å². The molecule has 3 aromatic rings. The Balaban J connectivity index is 1.91. The molecule has 4 rings (SSSR count). The van der Waals surface area contributed by atoms with Crippen molar-refractivity contribution < 1.29 is 86.2 Å². The quantitative estimate of drug-likeness (QED) is 0.0692. The van der Waals surface area contributed by atoms with Gasteiger partial charge in [0.25, 0.3) is 10.2 Å². The number of benzene rings is 2. The lowest BCUT2D eigenvalue weighted by atomic mass is 9.89. The fourth-order valence-corrected chi connectivity index (χ4v) is 5.45. The minimum Gasteiger partial charge on any atom is -0.463 e. The number of carbonyl (C=O) groups is 6. The van der Waals surface area contributed by atoms with E-state index in [1.54, 1.807) is 0 Å². The van der Waals surface area contributed by atoms with E-state index in [-0.39, 0.29) is 33.4 Å². The zero-order chi connectivity index (χ0) is 41.3. The van der Waals surface area contributed by atoms with E-state index < -0.39 is 108 Å². The number of ether oxygens (including phenoxy) is 7. The van der Waals surface area contributed by atoms with E-state index in [9.17, 15) is 53.8 Å². The SMILES string of the molecule is CC(=O)OC[C@H]1O[C@@H](c2c(OC(=O)CO[N+](=O)[O-])ccc3c(=O)c(-c4ccc(OC(=O)CO[N+](=O)[O-])cc4)coc23)[C@H](OC(C)=O)[C@@H](OC(C)=O)[C@@H]1OC(C)=O. The first-order chi connectivity index (χ1) is 26.4. The van der Waals surface area contributed by atoms with Crippen LogP contribution in [0.1, 0.15) is 39.4 Å². The van der Waals surface area contributed by atoms with Gasteiger partial charge in [0.15, 0.2) is 31.5 Å².